The molecule has 0 fully saturated rings. The van der Waals surface area contributed by atoms with Crippen LogP contribution in [0.2, 0.25) is 0 Å². The second kappa shape index (κ2) is 4.53. The molecule has 1 rings (SSSR count). The molecule has 4 nitrogen and oxygen atoms in total. The van der Waals surface area contributed by atoms with Crippen LogP contribution >= 0.6 is 0 Å². The summed E-state index contributed by atoms with van der Waals surface area (Å²) in [7, 11) is 7.49. The Labute approximate surface area is 96.2 Å². The fourth-order valence-corrected chi connectivity index (χ4v) is 1.43. The van der Waals surface area contributed by atoms with E-state index in [1.165, 1.54) is 0 Å². The maximum atomic E-state index is 11.9. The molecule has 88 valence electrons. The van der Waals surface area contributed by atoms with Gasteiger partial charge in [0.2, 0.25) is 5.78 Å². The topological polar surface area (TPSA) is 52.3 Å². The Balaban J connectivity index is 2.89. The van der Waals surface area contributed by atoms with Crippen molar-refractivity contribution >= 4 is 11.5 Å². The van der Waals surface area contributed by atoms with Gasteiger partial charge in [0, 0.05) is 5.56 Å². The molecule has 0 saturated carbocycles. The van der Waals surface area contributed by atoms with E-state index >= 15 is 0 Å². The third-order valence-corrected chi connectivity index (χ3v) is 2.17. The molecule has 0 aromatic heterocycles. The molecule has 0 heterocycles. The highest BCUT2D eigenvalue weighted by Crippen LogP contribution is 2.22. The van der Waals surface area contributed by atoms with Crippen molar-refractivity contribution in [3.05, 3.63) is 23.8 Å². The van der Waals surface area contributed by atoms with E-state index in [-0.39, 0.29) is 5.78 Å². The standard InChI is InChI=1S/C12H19N2O2/c1-14(2,3)8-11(15)9-5-6-12(16-4)10(13)7-9/h5-7H,8,13H2,1-4H3/q+1. The summed E-state index contributed by atoms with van der Waals surface area (Å²) in [6.07, 6.45) is 0. The van der Waals surface area contributed by atoms with Crippen molar-refractivity contribution < 1.29 is 14.0 Å². The van der Waals surface area contributed by atoms with Crippen molar-refractivity contribution in [2.45, 2.75) is 0 Å². The molecular formula is C12H19N2O2+. The van der Waals surface area contributed by atoms with E-state index in [4.69, 9.17) is 10.5 Å². The SMILES string of the molecule is COc1ccc(C(=O)C[N+](C)(C)C)cc1N. The molecule has 0 aliphatic carbocycles. The number of nitrogen functional groups attached to an aromatic ring is 1. The second-order valence-corrected chi connectivity index (χ2v) is 4.83. The summed E-state index contributed by atoms with van der Waals surface area (Å²) in [5.41, 5.74) is 6.88. The van der Waals surface area contributed by atoms with Crippen LogP contribution in [0.15, 0.2) is 18.2 Å². The lowest BCUT2D eigenvalue weighted by Gasteiger charge is -2.22. The van der Waals surface area contributed by atoms with Crippen LogP contribution in [0.1, 0.15) is 10.4 Å². The summed E-state index contributed by atoms with van der Waals surface area (Å²) < 4.78 is 5.64. The Kier molecular flexibility index (Phi) is 3.55. The zero-order valence-electron chi connectivity index (χ0n) is 10.3. The van der Waals surface area contributed by atoms with E-state index in [1.807, 2.05) is 21.1 Å². The normalized spacial score (nSPS) is 11.2. The fraction of sp³-hybridized carbons (Fsp3) is 0.417. The fourth-order valence-electron chi connectivity index (χ4n) is 1.43. The molecule has 0 amide bonds. The van der Waals surface area contributed by atoms with E-state index in [0.29, 0.717) is 28.0 Å². The van der Waals surface area contributed by atoms with Gasteiger partial charge < -0.3 is 15.0 Å². The van der Waals surface area contributed by atoms with Gasteiger partial charge in [-0.2, -0.15) is 0 Å². The first kappa shape index (κ1) is 12.5. The van der Waals surface area contributed by atoms with Crippen LogP contribution in [0.4, 0.5) is 5.69 Å². The summed E-state index contributed by atoms with van der Waals surface area (Å²) in [5, 5.41) is 0. The van der Waals surface area contributed by atoms with Gasteiger partial charge in [-0.15, -0.1) is 0 Å². The third kappa shape index (κ3) is 3.24. The van der Waals surface area contributed by atoms with Crippen molar-refractivity contribution in [1.82, 2.24) is 0 Å². The predicted octanol–water partition coefficient (Wildman–Crippen LogP) is 1.17. The van der Waals surface area contributed by atoms with Gasteiger partial charge in [-0.1, -0.05) is 0 Å². The smallest absolute Gasteiger partial charge is 0.216 e. The highest BCUT2D eigenvalue weighted by Gasteiger charge is 2.16. The first-order valence-electron chi connectivity index (χ1n) is 5.10. The molecule has 4 heteroatoms. The van der Waals surface area contributed by atoms with Crippen LogP contribution in [-0.4, -0.2) is 45.1 Å². The van der Waals surface area contributed by atoms with Crippen molar-refractivity contribution in [3.63, 3.8) is 0 Å². The first-order valence-corrected chi connectivity index (χ1v) is 5.10. The number of quaternary nitrogens is 1. The van der Waals surface area contributed by atoms with E-state index < -0.39 is 0 Å². The molecule has 0 spiro atoms. The summed E-state index contributed by atoms with van der Waals surface area (Å²) >= 11 is 0. The van der Waals surface area contributed by atoms with E-state index in [0.717, 1.165) is 0 Å². The molecule has 1 aromatic rings. The van der Waals surface area contributed by atoms with Gasteiger partial charge in [0.05, 0.1) is 33.9 Å². The van der Waals surface area contributed by atoms with Gasteiger partial charge >= 0.3 is 0 Å². The Bertz CT molecular complexity index is 394. The minimum absolute atomic E-state index is 0.0850. The molecule has 0 aliphatic heterocycles. The van der Waals surface area contributed by atoms with Crippen molar-refractivity contribution in [3.8, 4) is 5.75 Å². The molecule has 0 saturated heterocycles. The quantitative estimate of drug-likeness (QED) is 0.473. The average molecular weight is 223 g/mol. The number of benzene rings is 1. The number of likely N-dealkylation sites (N-methyl/N-ethyl adjacent to an activating group) is 1. The van der Waals surface area contributed by atoms with Crippen LogP contribution < -0.4 is 10.5 Å². The number of anilines is 1. The maximum Gasteiger partial charge on any atom is 0.216 e. The van der Waals surface area contributed by atoms with Gasteiger partial charge in [-0.05, 0) is 18.2 Å². The Hall–Kier alpha value is -1.55. The molecule has 16 heavy (non-hydrogen) atoms. The molecule has 1 aromatic carbocycles. The first-order chi connectivity index (χ1) is 7.33. The van der Waals surface area contributed by atoms with Crippen LogP contribution in [0, 0.1) is 0 Å². The van der Waals surface area contributed by atoms with Gasteiger partial charge in [-0.3, -0.25) is 4.79 Å². The minimum atomic E-state index is 0.0850. The number of rotatable bonds is 4. The molecule has 0 radical (unpaired) electrons. The van der Waals surface area contributed by atoms with Crippen LogP contribution in [-0.2, 0) is 0 Å². The van der Waals surface area contributed by atoms with Gasteiger partial charge in [0.1, 0.15) is 12.3 Å². The number of nitrogens with two attached hydrogens (primary N) is 1. The van der Waals surface area contributed by atoms with E-state index in [9.17, 15) is 4.79 Å². The third-order valence-electron chi connectivity index (χ3n) is 2.17. The minimum Gasteiger partial charge on any atom is -0.495 e. The largest absolute Gasteiger partial charge is 0.495 e. The average Bonchev–Trinajstić information content (AvgIpc) is 2.15. The van der Waals surface area contributed by atoms with Crippen LogP contribution in [0.5, 0.6) is 5.75 Å². The number of carbonyl (C=O) groups is 1. The number of hydrogen-bond donors (Lipinski definition) is 1. The number of Topliss-reactive ketones (excluding diaryl/α,β-unsaturated/α-hetero) is 1. The Morgan fingerprint density at radius 1 is 1.38 bits per heavy atom. The van der Waals surface area contributed by atoms with Gasteiger partial charge in [-0.25, -0.2) is 0 Å². The van der Waals surface area contributed by atoms with E-state index in [1.54, 1.807) is 25.3 Å². The highest BCUT2D eigenvalue weighted by atomic mass is 16.5. The molecule has 0 unspecified atom stereocenters. The number of nitrogens with zero attached hydrogens (tertiary/aromatic N) is 1. The van der Waals surface area contributed by atoms with E-state index in [2.05, 4.69) is 0 Å². The lowest BCUT2D eigenvalue weighted by Crippen LogP contribution is -2.39. The van der Waals surface area contributed by atoms with Crippen LogP contribution in [0.25, 0.3) is 0 Å². The summed E-state index contributed by atoms with van der Waals surface area (Å²) in [4.78, 5) is 11.9. The lowest BCUT2D eigenvalue weighted by molar-refractivity contribution is -0.861. The molecule has 0 bridgehead atoms. The number of hydrogen-bond acceptors (Lipinski definition) is 3. The zero-order chi connectivity index (χ0) is 12.3. The van der Waals surface area contributed by atoms with Crippen molar-refractivity contribution in [2.75, 3.05) is 40.5 Å². The van der Waals surface area contributed by atoms with Gasteiger partial charge in [0.25, 0.3) is 0 Å². The predicted molar refractivity (Wildman–Crippen MR) is 64.6 cm³/mol. The maximum absolute atomic E-state index is 11.9. The Morgan fingerprint density at radius 2 is 2.00 bits per heavy atom. The molecule has 0 aliphatic rings. The van der Waals surface area contributed by atoms with Crippen LogP contribution in [0.3, 0.4) is 0 Å². The van der Waals surface area contributed by atoms with Crippen molar-refractivity contribution in [2.24, 2.45) is 0 Å². The Morgan fingerprint density at radius 3 is 2.44 bits per heavy atom. The second-order valence-electron chi connectivity index (χ2n) is 4.83. The summed E-state index contributed by atoms with van der Waals surface area (Å²) in [6.45, 7) is 0.450. The number of ketones is 1. The number of methoxy groups -OCH3 is 1. The number of ether oxygens (including phenoxy) is 1. The molecule has 2 N–H and O–H groups in total. The lowest BCUT2D eigenvalue weighted by atomic mass is 10.1. The molecular weight excluding hydrogens is 204 g/mol. The summed E-state index contributed by atoms with van der Waals surface area (Å²) in [6, 6.07) is 5.13. The molecule has 0 atom stereocenters. The number of carbonyl (C=O) groups excluding carboxylic acids is 1. The zero-order valence-corrected chi connectivity index (χ0v) is 10.3. The van der Waals surface area contributed by atoms with Gasteiger partial charge in [0.15, 0.2) is 0 Å². The monoisotopic (exact) mass is 223 g/mol. The van der Waals surface area contributed by atoms with Crippen molar-refractivity contribution in [1.29, 1.82) is 0 Å². The summed E-state index contributed by atoms with van der Waals surface area (Å²) in [5.74, 6) is 0.684. The highest BCUT2D eigenvalue weighted by molar-refractivity contribution is 5.98.